The molecule has 0 spiro atoms. The van der Waals surface area contributed by atoms with Crippen LogP contribution in [0.5, 0.6) is 0 Å². The molecule has 2 aromatic rings. The van der Waals surface area contributed by atoms with E-state index in [2.05, 4.69) is 20.4 Å². The predicted molar refractivity (Wildman–Crippen MR) is 99.0 cm³/mol. The van der Waals surface area contributed by atoms with Crippen molar-refractivity contribution in [3.63, 3.8) is 0 Å². The predicted octanol–water partition coefficient (Wildman–Crippen LogP) is 0.706. The second-order valence-electron chi connectivity index (χ2n) is 6.62. The number of rotatable bonds is 6. The van der Waals surface area contributed by atoms with Crippen LogP contribution in [0.3, 0.4) is 0 Å². The van der Waals surface area contributed by atoms with Crippen molar-refractivity contribution in [2.75, 3.05) is 24.6 Å². The molecule has 2 heterocycles. The first-order chi connectivity index (χ1) is 12.7. The smallest absolute Gasteiger partial charge is 0.264 e. The van der Waals surface area contributed by atoms with E-state index in [-0.39, 0.29) is 30.0 Å². The minimum atomic E-state index is -0.274. The Bertz CT molecular complexity index is 749. The highest BCUT2D eigenvalue weighted by Crippen LogP contribution is 2.21. The highest BCUT2D eigenvalue weighted by atomic mass is 16.3. The summed E-state index contributed by atoms with van der Waals surface area (Å²) in [5.74, 6) is 0.647. The van der Waals surface area contributed by atoms with E-state index < -0.39 is 0 Å². The van der Waals surface area contributed by atoms with Crippen LogP contribution in [0.2, 0.25) is 0 Å². The van der Waals surface area contributed by atoms with Gasteiger partial charge in [0.05, 0.1) is 12.6 Å². The van der Waals surface area contributed by atoms with Gasteiger partial charge in [-0.15, -0.1) is 0 Å². The number of aliphatic hydroxyl groups excluding tert-OH is 1. The maximum absolute atomic E-state index is 12.5. The molecular formula is C19H24N4O3. The number of piperidine rings is 1. The van der Waals surface area contributed by atoms with Crippen LogP contribution in [0.4, 0.5) is 5.82 Å². The number of nitrogens with one attached hydrogen (secondary N) is 2. The van der Waals surface area contributed by atoms with Crippen LogP contribution in [-0.4, -0.2) is 46.9 Å². The first-order valence-electron chi connectivity index (χ1n) is 8.91. The van der Waals surface area contributed by atoms with Gasteiger partial charge in [0.15, 0.2) is 0 Å². The van der Waals surface area contributed by atoms with Crippen molar-refractivity contribution >= 4 is 11.7 Å². The van der Waals surface area contributed by atoms with E-state index in [0.29, 0.717) is 19.5 Å². The van der Waals surface area contributed by atoms with Crippen LogP contribution in [0.15, 0.2) is 47.3 Å². The van der Waals surface area contributed by atoms with Crippen LogP contribution in [0.25, 0.3) is 0 Å². The Kier molecular flexibility index (Phi) is 6.01. The molecular weight excluding hydrogens is 332 g/mol. The van der Waals surface area contributed by atoms with Gasteiger partial charge in [0, 0.05) is 25.1 Å². The molecule has 7 nitrogen and oxygen atoms in total. The van der Waals surface area contributed by atoms with E-state index in [0.717, 1.165) is 24.2 Å². The molecule has 0 saturated carbocycles. The molecule has 1 aromatic heterocycles. The molecule has 0 aliphatic carbocycles. The van der Waals surface area contributed by atoms with Crippen LogP contribution in [-0.2, 0) is 11.2 Å². The minimum Gasteiger partial charge on any atom is -0.394 e. The molecule has 3 N–H and O–H groups in total. The molecule has 1 aliphatic heterocycles. The Hall–Kier alpha value is -2.67. The lowest BCUT2D eigenvalue weighted by Crippen LogP contribution is -2.46. The Labute approximate surface area is 152 Å². The van der Waals surface area contributed by atoms with Gasteiger partial charge in [0.1, 0.15) is 5.82 Å². The zero-order valence-electron chi connectivity index (χ0n) is 14.6. The second-order valence-corrected chi connectivity index (χ2v) is 6.62. The third-order valence-corrected chi connectivity index (χ3v) is 4.75. The number of carbonyl (C=O) groups is 1. The maximum Gasteiger partial charge on any atom is 0.264 e. The zero-order chi connectivity index (χ0) is 18.4. The summed E-state index contributed by atoms with van der Waals surface area (Å²) in [6, 6.07) is 12.7. The zero-order valence-corrected chi connectivity index (χ0v) is 14.6. The fourth-order valence-corrected chi connectivity index (χ4v) is 3.26. The summed E-state index contributed by atoms with van der Waals surface area (Å²) in [4.78, 5) is 25.7. The number of aliphatic hydroxyl groups is 1. The summed E-state index contributed by atoms with van der Waals surface area (Å²) in [7, 11) is 0. The molecule has 1 fully saturated rings. The molecule has 26 heavy (non-hydrogen) atoms. The fraction of sp³-hybridized carbons (Fsp3) is 0.421. The van der Waals surface area contributed by atoms with E-state index in [4.69, 9.17) is 0 Å². The quantitative estimate of drug-likeness (QED) is 0.708. The van der Waals surface area contributed by atoms with E-state index in [1.807, 2.05) is 30.3 Å². The van der Waals surface area contributed by atoms with Crippen LogP contribution >= 0.6 is 0 Å². The summed E-state index contributed by atoms with van der Waals surface area (Å²) in [6.45, 7) is 1.33. The SMILES string of the molecule is O=C(N[C@H](CO)Cc1ccccc1)C1CCN(c2ccc(=O)[nH]n2)CC1. The van der Waals surface area contributed by atoms with Crippen molar-refractivity contribution < 1.29 is 9.90 Å². The summed E-state index contributed by atoms with van der Waals surface area (Å²) in [5.41, 5.74) is 0.863. The third kappa shape index (κ3) is 4.70. The minimum absolute atomic E-state index is 0.00550. The lowest BCUT2D eigenvalue weighted by atomic mass is 9.95. The summed E-state index contributed by atoms with van der Waals surface area (Å²) in [6.07, 6.45) is 2.05. The molecule has 1 aliphatic rings. The lowest BCUT2D eigenvalue weighted by molar-refractivity contribution is -0.126. The van der Waals surface area contributed by atoms with Gasteiger partial charge in [0.25, 0.3) is 5.56 Å². The average molecular weight is 356 g/mol. The molecule has 0 bridgehead atoms. The molecule has 0 unspecified atom stereocenters. The normalized spacial score (nSPS) is 16.3. The number of hydrogen-bond donors (Lipinski definition) is 3. The van der Waals surface area contributed by atoms with E-state index in [1.165, 1.54) is 6.07 Å². The largest absolute Gasteiger partial charge is 0.394 e. The van der Waals surface area contributed by atoms with Crippen LogP contribution in [0, 0.1) is 5.92 Å². The molecule has 1 saturated heterocycles. The van der Waals surface area contributed by atoms with Crippen molar-refractivity contribution in [3.05, 3.63) is 58.4 Å². The first kappa shape index (κ1) is 18.1. The highest BCUT2D eigenvalue weighted by Gasteiger charge is 2.27. The fourth-order valence-electron chi connectivity index (χ4n) is 3.26. The van der Waals surface area contributed by atoms with E-state index in [1.54, 1.807) is 6.07 Å². The van der Waals surface area contributed by atoms with Crippen LogP contribution in [0.1, 0.15) is 18.4 Å². The summed E-state index contributed by atoms with van der Waals surface area (Å²) < 4.78 is 0. The summed E-state index contributed by atoms with van der Waals surface area (Å²) in [5, 5.41) is 19.0. The van der Waals surface area contributed by atoms with Crippen molar-refractivity contribution in [2.45, 2.75) is 25.3 Å². The topological polar surface area (TPSA) is 98.3 Å². The van der Waals surface area contributed by atoms with Gasteiger partial charge in [0.2, 0.25) is 5.91 Å². The number of aromatic nitrogens is 2. The molecule has 3 rings (SSSR count). The summed E-state index contributed by atoms with van der Waals surface area (Å²) >= 11 is 0. The van der Waals surface area contributed by atoms with Gasteiger partial charge in [-0.3, -0.25) is 9.59 Å². The number of aromatic amines is 1. The van der Waals surface area contributed by atoms with Crippen LogP contribution < -0.4 is 15.8 Å². The molecule has 7 heteroatoms. The van der Waals surface area contributed by atoms with Gasteiger partial charge in [-0.25, -0.2) is 5.10 Å². The van der Waals surface area contributed by atoms with Gasteiger partial charge < -0.3 is 15.3 Å². The molecule has 138 valence electrons. The van der Waals surface area contributed by atoms with E-state index in [9.17, 15) is 14.7 Å². The standard InChI is InChI=1S/C19H24N4O3/c24-13-16(12-14-4-2-1-3-5-14)20-19(26)15-8-10-23(11-9-15)17-6-7-18(25)22-21-17/h1-7,15-16,24H,8-13H2,(H,20,26)(H,22,25)/t16-/m0/s1. The second kappa shape index (κ2) is 8.62. The average Bonchev–Trinajstić information content (AvgIpc) is 2.69. The highest BCUT2D eigenvalue weighted by molar-refractivity contribution is 5.79. The Morgan fingerprint density at radius 1 is 1.23 bits per heavy atom. The number of benzene rings is 1. The maximum atomic E-state index is 12.5. The molecule has 0 radical (unpaired) electrons. The number of hydrogen-bond acceptors (Lipinski definition) is 5. The van der Waals surface area contributed by atoms with Gasteiger partial charge >= 0.3 is 0 Å². The lowest BCUT2D eigenvalue weighted by Gasteiger charge is -2.32. The number of amides is 1. The third-order valence-electron chi connectivity index (χ3n) is 4.75. The van der Waals surface area contributed by atoms with Crippen molar-refractivity contribution in [2.24, 2.45) is 5.92 Å². The Balaban J connectivity index is 1.51. The Morgan fingerprint density at radius 2 is 1.96 bits per heavy atom. The number of carbonyl (C=O) groups excluding carboxylic acids is 1. The number of H-pyrrole nitrogens is 1. The van der Waals surface area contributed by atoms with E-state index >= 15 is 0 Å². The van der Waals surface area contributed by atoms with Gasteiger partial charge in [-0.05, 0) is 30.9 Å². The van der Waals surface area contributed by atoms with Gasteiger partial charge in [-0.2, -0.15) is 5.10 Å². The molecule has 1 aromatic carbocycles. The Morgan fingerprint density at radius 3 is 2.58 bits per heavy atom. The molecule has 1 atom stereocenters. The first-order valence-corrected chi connectivity index (χ1v) is 8.91. The monoisotopic (exact) mass is 356 g/mol. The molecule has 1 amide bonds. The number of anilines is 1. The van der Waals surface area contributed by atoms with Crippen molar-refractivity contribution in [1.29, 1.82) is 0 Å². The number of nitrogens with zero attached hydrogens (tertiary/aromatic N) is 2. The van der Waals surface area contributed by atoms with Gasteiger partial charge in [-0.1, -0.05) is 30.3 Å². The van der Waals surface area contributed by atoms with Crippen molar-refractivity contribution in [1.82, 2.24) is 15.5 Å². The van der Waals surface area contributed by atoms with Crippen molar-refractivity contribution in [3.8, 4) is 0 Å².